The molecule has 2 aromatic rings. The summed E-state index contributed by atoms with van der Waals surface area (Å²) >= 11 is 0. The summed E-state index contributed by atoms with van der Waals surface area (Å²) in [6, 6.07) is 9.39. The maximum absolute atomic E-state index is 12.2. The van der Waals surface area contributed by atoms with Crippen LogP contribution in [0.4, 0.5) is 0 Å². The average Bonchev–Trinajstić information content (AvgIpc) is 2.55. The summed E-state index contributed by atoms with van der Waals surface area (Å²) in [7, 11) is -3.53. The average molecular weight is 344 g/mol. The normalized spacial score (nSPS) is 14.8. The minimum Gasteiger partial charge on any atom is -0.297 e. The summed E-state index contributed by atoms with van der Waals surface area (Å²) < 4.78 is 23.1. The third-order valence-corrected chi connectivity index (χ3v) is 4.86. The second-order valence-electron chi connectivity index (χ2n) is 5.84. The highest BCUT2D eigenvalue weighted by molar-refractivity contribution is 7.90. The molecule has 8 heteroatoms. The van der Waals surface area contributed by atoms with Crippen LogP contribution in [0.5, 0.6) is 0 Å². The molecule has 0 atom stereocenters. The first-order valence-electron chi connectivity index (χ1n) is 7.40. The topological polar surface area (TPSA) is 107 Å². The molecule has 0 fully saturated rings. The van der Waals surface area contributed by atoms with E-state index < -0.39 is 15.4 Å². The summed E-state index contributed by atoms with van der Waals surface area (Å²) in [5.74, 6) is 0. The van der Waals surface area contributed by atoms with E-state index in [1.165, 1.54) is 0 Å². The molecule has 0 saturated heterocycles. The lowest BCUT2D eigenvalue weighted by Crippen LogP contribution is -2.36. The molecule has 0 aliphatic carbocycles. The lowest BCUT2D eigenvalue weighted by Gasteiger charge is -2.27. The Morgan fingerprint density at radius 1 is 1.33 bits per heavy atom. The number of nitrogens with zero attached hydrogens (tertiary/aromatic N) is 3. The minimum absolute atomic E-state index is 0.271. The van der Waals surface area contributed by atoms with E-state index in [0.717, 1.165) is 11.8 Å². The lowest BCUT2D eigenvalue weighted by atomic mass is 10.1. The molecule has 124 valence electrons. The van der Waals surface area contributed by atoms with Crippen molar-refractivity contribution < 1.29 is 8.42 Å². The van der Waals surface area contributed by atoms with Crippen LogP contribution in [-0.4, -0.2) is 36.1 Å². The molecule has 3 rings (SSSR count). The maximum Gasteiger partial charge on any atom is 0.256 e. The predicted molar refractivity (Wildman–Crippen MR) is 86.9 cm³/mol. The number of nitriles is 1. The van der Waals surface area contributed by atoms with Gasteiger partial charge in [-0.1, -0.05) is 12.1 Å². The molecule has 0 unspecified atom stereocenters. The van der Waals surface area contributed by atoms with E-state index in [4.69, 9.17) is 5.26 Å². The van der Waals surface area contributed by atoms with Crippen molar-refractivity contribution in [2.75, 3.05) is 12.8 Å². The number of hydrogen-bond donors (Lipinski definition) is 1. The van der Waals surface area contributed by atoms with Crippen molar-refractivity contribution in [3.05, 3.63) is 57.0 Å². The summed E-state index contributed by atoms with van der Waals surface area (Å²) in [6.45, 7) is 1.76. The highest BCUT2D eigenvalue weighted by atomic mass is 32.2. The standard InChI is InChI=1S/C16H16N4O3S/c1-24(22,23)16-18-14-6-7-20(10-13(14)15(21)19-16)9-12-4-2-11(8-17)3-5-12/h2-5H,6-7,9-10H2,1H3,(H,18,19,21). The van der Waals surface area contributed by atoms with Crippen LogP contribution in [0.3, 0.4) is 0 Å². The van der Waals surface area contributed by atoms with E-state index in [9.17, 15) is 13.2 Å². The minimum atomic E-state index is -3.53. The van der Waals surface area contributed by atoms with E-state index in [1.54, 1.807) is 12.1 Å². The fourth-order valence-electron chi connectivity index (χ4n) is 2.71. The Hall–Kier alpha value is -2.50. The highest BCUT2D eigenvalue weighted by Crippen LogP contribution is 2.17. The molecule has 1 N–H and O–H groups in total. The molecule has 1 aromatic heterocycles. The van der Waals surface area contributed by atoms with Crippen LogP contribution in [0.2, 0.25) is 0 Å². The van der Waals surface area contributed by atoms with Gasteiger partial charge in [0.25, 0.3) is 5.56 Å². The first-order valence-corrected chi connectivity index (χ1v) is 9.29. The van der Waals surface area contributed by atoms with Crippen LogP contribution in [0.15, 0.2) is 34.2 Å². The molecular formula is C16H16N4O3S. The second-order valence-corrected chi connectivity index (χ2v) is 7.77. The van der Waals surface area contributed by atoms with E-state index in [0.29, 0.717) is 42.9 Å². The number of rotatable bonds is 3. The van der Waals surface area contributed by atoms with Crippen LogP contribution in [-0.2, 0) is 29.3 Å². The Labute approximate surface area is 139 Å². The van der Waals surface area contributed by atoms with Crippen molar-refractivity contribution in [3.63, 3.8) is 0 Å². The van der Waals surface area contributed by atoms with Gasteiger partial charge in [0.2, 0.25) is 15.0 Å². The highest BCUT2D eigenvalue weighted by Gasteiger charge is 2.23. The lowest BCUT2D eigenvalue weighted by molar-refractivity contribution is 0.241. The zero-order valence-electron chi connectivity index (χ0n) is 13.1. The van der Waals surface area contributed by atoms with Crippen molar-refractivity contribution in [2.24, 2.45) is 0 Å². The molecular weight excluding hydrogens is 328 g/mol. The third-order valence-electron chi connectivity index (χ3n) is 3.97. The largest absolute Gasteiger partial charge is 0.297 e. The number of nitrogens with one attached hydrogen (secondary N) is 1. The molecule has 0 spiro atoms. The Balaban J connectivity index is 1.82. The number of aromatic nitrogens is 2. The van der Waals surface area contributed by atoms with Gasteiger partial charge in [-0.15, -0.1) is 0 Å². The molecule has 2 heterocycles. The van der Waals surface area contributed by atoms with Crippen molar-refractivity contribution in [1.82, 2.24) is 14.9 Å². The zero-order chi connectivity index (χ0) is 17.3. The van der Waals surface area contributed by atoms with Gasteiger partial charge in [-0.05, 0) is 17.7 Å². The van der Waals surface area contributed by atoms with Gasteiger partial charge in [0.1, 0.15) is 0 Å². The van der Waals surface area contributed by atoms with E-state index in [2.05, 4.69) is 20.9 Å². The first-order chi connectivity index (χ1) is 11.4. The summed E-state index contributed by atoms with van der Waals surface area (Å²) in [6.07, 6.45) is 1.55. The number of fused-ring (bicyclic) bond motifs is 1. The first kappa shape index (κ1) is 16.4. The Morgan fingerprint density at radius 3 is 2.67 bits per heavy atom. The van der Waals surface area contributed by atoms with Gasteiger partial charge in [0.05, 0.1) is 22.9 Å². The summed E-state index contributed by atoms with van der Waals surface area (Å²) in [5.41, 5.74) is 2.33. The van der Waals surface area contributed by atoms with E-state index in [1.807, 2.05) is 12.1 Å². The molecule has 1 aliphatic rings. The Bertz CT molecular complexity index is 972. The number of hydrogen-bond acceptors (Lipinski definition) is 6. The van der Waals surface area contributed by atoms with Crippen molar-refractivity contribution >= 4 is 9.84 Å². The van der Waals surface area contributed by atoms with Gasteiger partial charge in [0, 0.05) is 32.3 Å². The zero-order valence-corrected chi connectivity index (χ0v) is 13.9. The van der Waals surface area contributed by atoms with Gasteiger partial charge < -0.3 is 0 Å². The third kappa shape index (κ3) is 3.37. The predicted octanol–water partition coefficient (Wildman–Crippen LogP) is 0.603. The maximum atomic E-state index is 12.2. The fourth-order valence-corrected chi connectivity index (χ4v) is 3.27. The van der Waals surface area contributed by atoms with Gasteiger partial charge in [0.15, 0.2) is 0 Å². The van der Waals surface area contributed by atoms with Crippen molar-refractivity contribution in [3.8, 4) is 6.07 Å². The summed E-state index contributed by atoms with van der Waals surface area (Å²) in [4.78, 5) is 20.7. The molecule has 7 nitrogen and oxygen atoms in total. The SMILES string of the molecule is CS(=O)(=O)c1nc2c(c(=O)[nH]1)CN(Cc1ccc(C#N)cc1)CC2. The van der Waals surface area contributed by atoms with Crippen molar-refractivity contribution in [1.29, 1.82) is 5.26 Å². The van der Waals surface area contributed by atoms with Gasteiger partial charge in [-0.25, -0.2) is 13.4 Å². The molecule has 0 amide bonds. The molecule has 0 saturated carbocycles. The Morgan fingerprint density at radius 2 is 2.04 bits per heavy atom. The second kappa shape index (κ2) is 6.19. The van der Waals surface area contributed by atoms with E-state index >= 15 is 0 Å². The van der Waals surface area contributed by atoms with Crippen LogP contribution >= 0.6 is 0 Å². The van der Waals surface area contributed by atoms with E-state index in [-0.39, 0.29) is 5.16 Å². The summed E-state index contributed by atoms with van der Waals surface area (Å²) in [5, 5.41) is 8.55. The van der Waals surface area contributed by atoms with Crippen LogP contribution in [0.1, 0.15) is 22.4 Å². The van der Waals surface area contributed by atoms with Gasteiger partial charge >= 0.3 is 0 Å². The fraction of sp³-hybridized carbons (Fsp3) is 0.312. The van der Waals surface area contributed by atoms with Gasteiger partial charge in [-0.3, -0.25) is 14.7 Å². The molecule has 1 aliphatic heterocycles. The number of benzene rings is 1. The number of sulfone groups is 1. The number of aromatic amines is 1. The monoisotopic (exact) mass is 344 g/mol. The van der Waals surface area contributed by atoms with Crippen LogP contribution in [0.25, 0.3) is 0 Å². The smallest absolute Gasteiger partial charge is 0.256 e. The molecule has 0 bridgehead atoms. The van der Waals surface area contributed by atoms with Crippen LogP contribution in [0, 0.1) is 11.3 Å². The van der Waals surface area contributed by atoms with Gasteiger partial charge in [-0.2, -0.15) is 5.26 Å². The molecule has 24 heavy (non-hydrogen) atoms. The Kier molecular flexibility index (Phi) is 4.22. The molecule has 0 radical (unpaired) electrons. The van der Waals surface area contributed by atoms with Crippen LogP contribution < -0.4 is 5.56 Å². The number of H-pyrrole nitrogens is 1. The van der Waals surface area contributed by atoms with Crippen molar-refractivity contribution in [2.45, 2.75) is 24.7 Å². The quantitative estimate of drug-likeness (QED) is 0.817. The molecule has 1 aromatic carbocycles.